The normalized spacial score (nSPS) is 22.5. The second-order valence-electron chi connectivity index (χ2n) is 7.25. The number of benzene rings is 1. The van der Waals surface area contributed by atoms with E-state index in [9.17, 15) is 5.11 Å². The number of aliphatic hydroxyl groups is 1. The van der Waals surface area contributed by atoms with E-state index in [4.69, 9.17) is 9.72 Å². The number of aliphatic hydroxyl groups excluding tert-OH is 1. The zero-order chi connectivity index (χ0) is 18.4. The first-order chi connectivity index (χ1) is 12.5. The van der Waals surface area contributed by atoms with Crippen LogP contribution in [0.2, 0.25) is 0 Å². The molecule has 3 atom stereocenters. The Bertz CT molecular complexity index is 933. The van der Waals surface area contributed by atoms with Gasteiger partial charge in [-0.15, -0.1) is 0 Å². The van der Waals surface area contributed by atoms with Crippen LogP contribution in [-0.2, 0) is 4.74 Å². The van der Waals surface area contributed by atoms with Gasteiger partial charge in [0.05, 0.1) is 23.5 Å². The Morgan fingerprint density at radius 3 is 2.58 bits per heavy atom. The van der Waals surface area contributed by atoms with Gasteiger partial charge in [0, 0.05) is 17.5 Å². The number of aromatic nitrogens is 2. The summed E-state index contributed by atoms with van der Waals surface area (Å²) < 4.78 is 8.23. The van der Waals surface area contributed by atoms with Crippen molar-refractivity contribution in [2.24, 2.45) is 0 Å². The van der Waals surface area contributed by atoms with Crippen LogP contribution in [0.15, 0.2) is 42.6 Å². The predicted molar refractivity (Wildman–Crippen MR) is 102 cm³/mol. The van der Waals surface area contributed by atoms with Crippen LogP contribution in [-0.4, -0.2) is 26.7 Å². The van der Waals surface area contributed by atoms with Crippen molar-refractivity contribution in [1.29, 1.82) is 0 Å². The van der Waals surface area contributed by atoms with Gasteiger partial charge in [-0.25, -0.2) is 4.98 Å². The lowest BCUT2D eigenvalue weighted by Crippen LogP contribution is -2.38. The summed E-state index contributed by atoms with van der Waals surface area (Å²) in [5.74, 6) is 0. The maximum Gasteiger partial charge on any atom is 0.161 e. The molecular weight excluding hydrogens is 326 g/mol. The Morgan fingerprint density at radius 2 is 1.88 bits per heavy atom. The summed E-state index contributed by atoms with van der Waals surface area (Å²) >= 11 is 0. The molecule has 0 aliphatic carbocycles. The average molecular weight is 351 g/mol. The van der Waals surface area contributed by atoms with Crippen LogP contribution in [0, 0.1) is 13.8 Å². The zero-order valence-electron chi connectivity index (χ0n) is 15.6. The molecule has 136 valence electrons. The van der Waals surface area contributed by atoms with Gasteiger partial charge < -0.3 is 19.6 Å². The van der Waals surface area contributed by atoms with Gasteiger partial charge in [-0.2, -0.15) is 0 Å². The van der Waals surface area contributed by atoms with Crippen LogP contribution in [0.25, 0.3) is 5.65 Å². The van der Waals surface area contributed by atoms with E-state index < -0.39 is 12.2 Å². The molecule has 1 aromatic carbocycles. The fourth-order valence-electron chi connectivity index (χ4n) is 3.73. The maximum atomic E-state index is 11.1. The minimum absolute atomic E-state index is 0.0106. The quantitative estimate of drug-likeness (QED) is 0.750. The molecule has 0 spiro atoms. The number of imidazole rings is 1. The van der Waals surface area contributed by atoms with Crippen molar-refractivity contribution in [2.75, 3.05) is 5.32 Å². The number of nitrogens with one attached hydrogen (secondary N) is 1. The van der Waals surface area contributed by atoms with Gasteiger partial charge in [0.15, 0.2) is 5.65 Å². The number of aryl methyl sites for hydroxylation is 2. The number of fused-ring (bicyclic) bond motifs is 3. The number of ether oxygens (including phenoxy) is 1. The first-order valence-electron chi connectivity index (χ1n) is 9.10. The summed E-state index contributed by atoms with van der Waals surface area (Å²) in [7, 11) is 0. The van der Waals surface area contributed by atoms with Gasteiger partial charge in [0.1, 0.15) is 12.2 Å². The Hall–Kier alpha value is -2.37. The van der Waals surface area contributed by atoms with Gasteiger partial charge in [-0.1, -0.05) is 30.3 Å². The minimum Gasteiger partial charge on any atom is -0.388 e. The number of anilines is 1. The largest absolute Gasteiger partial charge is 0.388 e. The highest BCUT2D eigenvalue weighted by Crippen LogP contribution is 2.43. The SMILES string of the molecule is Cc1nc2c3c(ccn2c1C)[C@H](OC(C)C)[C@H](O)[C@@H](c1ccccc1)N3. The lowest BCUT2D eigenvalue weighted by molar-refractivity contribution is -0.0766. The summed E-state index contributed by atoms with van der Waals surface area (Å²) in [6.07, 6.45) is 0.930. The Kier molecular flexibility index (Phi) is 4.21. The molecule has 4 rings (SSSR count). The lowest BCUT2D eigenvalue weighted by Gasteiger charge is -2.38. The van der Waals surface area contributed by atoms with Crippen molar-refractivity contribution in [2.45, 2.75) is 52.0 Å². The highest BCUT2D eigenvalue weighted by molar-refractivity contribution is 5.75. The van der Waals surface area contributed by atoms with Crippen LogP contribution in [0.4, 0.5) is 5.69 Å². The van der Waals surface area contributed by atoms with E-state index in [2.05, 4.69) is 16.6 Å². The van der Waals surface area contributed by atoms with Crippen molar-refractivity contribution in [3.63, 3.8) is 0 Å². The molecule has 2 aromatic heterocycles. The van der Waals surface area contributed by atoms with Crippen molar-refractivity contribution < 1.29 is 9.84 Å². The molecule has 0 unspecified atom stereocenters. The van der Waals surface area contributed by atoms with Crippen LogP contribution in [0.1, 0.15) is 48.5 Å². The zero-order valence-corrected chi connectivity index (χ0v) is 15.6. The van der Waals surface area contributed by atoms with Crippen LogP contribution in [0.3, 0.4) is 0 Å². The third-order valence-electron chi connectivity index (χ3n) is 5.14. The van der Waals surface area contributed by atoms with E-state index in [0.29, 0.717) is 0 Å². The summed E-state index contributed by atoms with van der Waals surface area (Å²) in [6.45, 7) is 8.07. The Labute approximate surface area is 153 Å². The third kappa shape index (κ3) is 2.68. The van der Waals surface area contributed by atoms with Crippen molar-refractivity contribution in [1.82, 2.24) is 9.38 Å². The first-order valence-corrected chi connectivity index (χ1v) is 9.10. The number of pyridine rings is 1. The van der Waals surface area contributed by atoms with E-state index in [0.717, 1.165) is 33.8 Å². The van der Waals surface area contributed by atoms with Crippen LogP contribution < -0.4 is 5.32 Å². The summed E-state index contributed by atoms with van der Waals surface area (Å²) in [4.78, 5) is 4.76. The van der Waals surface area contributed by atoms with Gasteiger partial charge in [-0.3, -0.25) is 0 Å². The molecule has 3 aromatic rings. The fraction of sp³-hybridized carbons (Fsp3) is 0.381. The standard InChI is InChI=1S/C21H25N3O2/c1-12(2)26-20-16-10-11-24-14(4)13(3)22-21(24)18(16)23-17(19(20)25)15-8-6-5-7-9-15/h5-12,17,19-20,23,25H,1-4H3/t17-,19-,20+/m1/s1. The van der Waals surface area contributed by atoms with Gasteiger partial charge in [-0.05, 0) is 39.3 Å². The third-order valence-corrected chi connectivity index (χ3v) is 5.14. The van der Waals surface area contributed by atoms with Crippen LogP contribution >= 0.6 is 0 Å². The van der Waals surface area contributed by atoms with E-state index in [1.165, 1.54) is 0 Å². The van der Waals surface area contributed by atoms with Crippen molar-refractivity contribution in [3.8, 4) is 0 Å². The number of nitrogens with zero attached hydrogens (tertiary/aromatic N) is 2. The second kappa shape index (κ2) is 6.41. The van der Waals surface area contributed by atoms with Crippen molar-refractivity contribution >= 4 is 11.3 Å². The molecule has 0 saturated carbocycles. The molecular formula is C21H25N3O2. The molecule has 1 aliphatic rings. The molecule has 2 N–H and O–H groups in total. The predicted octanol–water partition coefficient (Wildman–Crippen LogP) is 3.94. The van der Waals surface area contributed by atoms with E-state index in [-0.39, 0.29) is 12.1 Å². The monoisotopic (exact) mass is 351 g/mol. The molecule has 1 aliphatic heterocycles. The fourth-order valence-corrected chi connectivity index (χ4v) is 3.73. The molecule has 0 amide bonds. The van der Waals surface area contributed by atoms with Crippen LogP contribution in [0.5, 0.6) is 0 Å². The van der Waals surface area contributed by atoms with Gasteiger partial charge >= 0.3 is 0 Å². The van der Waals surface area contributed by atoms with E-state index >= 15 is 0 Å². The van der Waals surface area contributed by atoms with Gasteiger partial charge in [0.25, 0.3) is 0 Å². The Morgan fingerprint density at radius 1 is 1.15 bits per heavy atom. The molecule has 0 bridgehead atoms. The molecule has 5 heteroatoms. The molecule has 3 heterocycles. The average Bonchev–Trinajstić information content (AvgIpc) is 2.92. The number of hydrogen-bond acceptors (Lipinski definition) is 4. The first kappa shape index (κ1) is 17.1. The highest BCUT2D eigenvalue weighted by atomic mass is 16.5. The Balaban J connectivity index is 1.90. The van der Waals surface area contributed by atoms with E-state index in [1.807, 2.05) is 63.4 Å². The number of hydrogen-bond donors (Lipinski definition) is 2. The van der Waals surface area contributed by atoms with E-state index in [1.54, 1.807) is 0 Å². The topological polar surface area (TPSA) is 58.8 Å². The van der Waals surface area contributed by atoms with Crippen molar-refractivity contribution in [3.05, 3.63) is 65.1 Å². The lowest BCUT2D eigenvalue weighted by atomic mass is 9.89. The number of rotatable bonds is 3. The summed E-state index contributed by atoms with van der Waals surface area (Å²) in [5, 5.41) is 14.6. The maximum absolute atomic E-state index is 11.1. The molecule has 0 radical (unpaired) electrons. The summed E-state index contributed by atoms with van der Waals surface area (Å²) in [6, 6.07) is 11.8. The minimum atomic E-state index is -0.688. The second-order valence-corrected chi connectivity index (χ2v) is 7.25. The molecule has 26 heavy (non-hydrogen) atoms. The highest BCUT2D eigenvalue weighted by Gasteiger charge is 2.38. The molecule has 5 nitrogen and oxygen atoms in total. The van der Waals surface area contributed by atoms with Gasteiger partial charge in [0.2, 0.25) is 0 Å². The molecule has 0 saturated heterocycles. The molecule has 0 fully saturated rings. The summed E-state index contributed by atoms with van der Waals surface area (Å²) in [5.41, 5.74) is 5.93. The smallest absolute Gasteiger partial charge is 0.161 e.